The van der Waals surface area contributed by atoms with Crippen LogP contribution in [0, 0.1) is 13.8 Å². The van der Waals surface area contributed by atoms with Gasteiger partial charge in [0, 0.05) is 11.9 Å². The van der Waals surface area contributed by atoms with E-state index in [-0.39, 0.29) is 11.8 Å². The van der Waals surface area contributed by atoms with E-state index in [1.165, 1.54) is 19.5 Å². The van der Waals surface area contributed by atoms with Crippen LogP contribution in [0.2, 0.25) is 0 Å². The summed E-state index contributed by atoms with van der Waals surface area (Å²) in [7, 11) is 1.46. The molecule has 0 saturated carbocycles. The minimum Gasteiger partial charge on any atom is -0.480 e. The Balaban J connectivity index is 1.79. The molecule has 0 aliphatic rings. The van der Waals surface area contributed by atoms with Crippen LogP contribution in [-0.4, -0.2) is 37.7 Å². The van der Waals surface area contributed by atoms with Crippen molar-refractivity contribution >= 4 is 11.6 Å². The van der Waals surface area contributed by atoms with Crippen LogP contribution in [0.15, 0.2) is 36.8 Å². The maximum absolute atomic E-state index is 12.3. The molecule has 0 fully saturated rings. The van der Waals surface area contributed by atoms with E-state index < -0.39 is 0 Å². The number of aryl methyl sites for hydroxylation is 2. The van der Waals surface area contributed by atoms with Gasteiger partial charge in [0.2, 0.25) is 5.88 Å². The normalized spacial score (nSPS) is 10.5. The second-order valence-corrected chi connectivity index (χ2v) is 5.13. The first-order valence-corrected chi connectivity index (χ1v) is 7.24. The molecular weight excluding hydrogens is 308 g/mol. The number of anilines is 1. The molecule has 3 aromatic rings. The Bertz CT molecular complexity index is 873. The predicted octanol–water partition coefficient (Wildman–Crippen LogP) is 1.94. The molecule has 0 atom stereocenters. The fourth-order valence-corrected chi connectivity index (χ4v) is 2.25. The van der Waals surface area contributed by atoms with Crippen LogP contribution in [0.1, 0.15) is 21.7 Å². The van der Waals surface area contributed by atoms with E-state index in [1.807, 2.05) is 19.9 Å². The molecular formula is C16H16N6O2. The average Bonchev–Trinajstić information content (AvgIpc) is 2.94. The zero-order valence-electron chi connectivity index (χ0n) is 13.5. The van der Waals surface area contributed by atoms with Crippen molar-refractivity contribution in [3.63, 3.8) is 0 Å². The molecule has 24 heavy (non-hydrogen) atoms. The van der Waals surface area contributed by atoms with Crippen LogP contribution in [0.25, 0.3) is 5.95 Å². The van der Waals surface area contributed by atoms with Gasteiger partial charge in [-0.05, 0) is 32.0 Å². The summed E-state index contributed by atoms with van der Waals surface area (Å²) in [4.78, 5) is 24.8. The molecule has 0 spiro atoms. The summed E-state index contributed by atoms with van der Waals surface area (Å²) in [5.41, 5.74) is 2.63. The van der Waals surface area contributed by atoms with Crippen molar-refractivity contribution in [2.45, 2.75) is 13.8 Å². The highest BCUT2D eigenvalue weighted by molar-refractivity contribution is 6.05. The van der Waals surface area contributed by atoms with Gasteiger partial charge in [0.05, 0.1) is 30.9 Å². The van der Waals surface area contributed by atoms with Crippen LogP contribution < -0.4 is 10.1 Å². The lowest BCUT2D eigenvalue weighted by Gasteiger charge is -2.08. The van der Waals surface area contributed by atoms with E-state index in [4.69, 9.17) is 4.74 Å². The van der Waals surface area contributed by atoms with E-state index in [0.717, 1.165) is 11.4 Å². The van der Waals surface area contributed by atoms with Crippen LogP contribution in [0.5, 0.6) is 5.88 Å². The Hall–Kier alpha value is -3.29. The number of carbonyl (C=O) groups is 1. The molecule has 0 unspecified atom stereocenters. The lowest BCUT2D eigenvalue weighted by molar-refractivity contribution is 0.102. The molecule has 3 aromatic heterocycles. The monoisotopic (exact) mass is 324 g/mol. The first-order valence-electron chi connectivity index (χ1n) is 7.24. The predicted molar refractivity (Wildman–Crippen MR) is 87.4 cm³/mol. The topological polar surface area (TPSA) is 94.8 Å². The van der Waals surface area contributed by atoms with Crippen molar-refractivity contribution in [3.05, 3.63) is 53.7 Å². The third-order valence-corrected chi connectivity index (χ3v) is 3.30. The van der Waals surface area contributed by atoms with Gasteiger partial charge < -0.3 is 10.1 Å². The summed E-state index contributed by atoms with van der Waals surface area (Å²) in [6.45, 7) is 3.83. The van der Waals surface area contributed by atoms with Gasteiger partial charge in [-0.15, -0.1) is 0 Å². The number of pyridine rings is 1. The van der Waals surface area contributed by atoms with E-state index in [9.17, 15) is 4.79 Å². The van der Waals surface area contributed by atoms with Gasteiger partial charge in [-0.25, -0.2) is 19.6 Å². The van der Waals surface area contributed by atoms with Gasteiger partial charge in [-0.2, -0.15) is 5.10 Å². The summed E-state index contributed by atoms with van der Waals surface area (Å²) in [5.74, 6) is 0.357. The molecule has 8 nitrogen and oxygen atoms in total. The van der Waals surface area contributed by atoms with Crippen molar-refractivity contribution in [1.82, 2.24) is 24.7 Å². The first kappa shape index (κ1) is 15.6. The molecule has 3 heterocycles. The summed E-state index contributed by atoms with van der Waals surface area (Å²) >= 11 is 0. The molecule has 0 aliphatic carbocycles. The van der Waals surface area contributed by atoms with Crippen LogP contribution in [0.4, 0.5) is 5.69 Å². The van der Waals surface area contributed by atoms with Gasteiger partial charge in [0.15, 0.2) is 0 Å². The van der Waals surface area contributed by atoms with Gasteiger partial charge in [-0.3, -0.25) is 4.79 Å². The van der Waals surface area contributed by atoms with Crippen molar-refractivity contribution in [2.75, 3.05) is 12.4 Å². The Morgan fingerprint density at radius 1 is 1.21 bits per heavy atom. The molecule has 1 N–H and O–H groups in total. The minimum absolute atomic E-state index is 0.259. The molecule has 0 aliphatic heterocycles. The standard InChI is InChI=1S/C16H16N6O2/c1-10-7-11(2)22(21-10)16-18-8-12(9-19-16)20-14(23)13-5-4-6-17-15(13)24-3/h4-9H,1-3H3,(H,20,23). The van der Waals surface area contributed by atoms with Crippen LogP contribution in [-0.2, 0) is 0 Å². The molecule has 0 aromatic carbocycles. The number of nitrogens with zero attached hydrogens (tertiary/aromatic N) is 5. The lowest BCUT2D eigenvalue weighted by atomic mass is 10.2. The molecule has 0 radical (unpaired) electrons. The second-order valence-electron chi connectivity index (χ2n) is 5.13. The molecule has 8 heteroatoms. The Labute approximate surface area is 138 Å². The maximum atomic E-state index is 12.3. The van der Waals surface area contributed by atoms with Gasteiger partial charge in [0.25, 0.3) is 11.9 Å². The number of amides is 1. The Kier molecular flexibility index (Phi) is 4.19. The van der Waals surface area contributed by atoms with E-state index in [2.05, 4.69) is 25.4 Å². The molecule has 1 amide bonds. The Morgan fingerprint density at radius 2 is 1.96 bits per heavy atom. The number of aromatic nitrogens is 5. The summed E-state index contributed by atoms with van der Waals surface area (Å²) in [6, 6.07) is 5.24. The highest BCUT2D eigenvalue weighted by Crippen LogP contribution is 2.16. The van der Waals surface area contributed by atoms with E-state index in [0.29, 0.717) is 17.2 Å². The summed E-state index contributed by atoms with van der Waals surface area (Å²) in [6.07, 6.45) is 4.61. The SMILES string of the molecule is COc1ncccc1C(=O)Nc1cnc(-n2nc(C)cc2C)nc1. The summed E-state index contributed by atoms with van der Waals surface area (Å²) < 4.78 is 6.73. The highest BCUT2D eigenvalue weighted by atomic mass is 16.5. The number of hydrogen-bond acceptors (Lipinski definition) is 6. The molecule has 3 rings (SSSR count). The Morgan fingerprint density at radius 3 is 2.58 bits per heavy atom. The van der Waals surface area contributed by atoms with Crippen molar-refractivity contribution in [3.8, 4) is 11.8 Å². The highest BCUT2D eigenvalue weighted by Gasteiger charge is 2.14. The van der Waals surface area contributed by atoms with Crippen molar-refractivity contribution in [2.24, 2.45) is 0 Å². The zero-order chi connectivity index (χ0) is 17.1. The number of ether oxygens (including phenoxy) is 1. The van der Waals surface area contributed by atoms with Crippen LogP contribution >= 0.6 is 0 Å². The van der Waals surface area contributed by atoms with E-state index >= 15 is 0 Å². The molecule has 0 bridgehead atoms. The first-order chi connectivity index (χ1) is 11.6. The number of methoxy groups -OCH3 is 1. The number of hydrogen-bond donors (Lipinski definition) is 1. The number of nitrogens with one attached hydrogen (secondary N) is 1. The summed E-state index contributed by atoms with van der Waals surface area (Å²) in [5, 5.41) is 7.04. The maximum Gasteiger partial charge on any atom is 0.261 e. The average molecular weight is 324 g/mol. The van der Waals surface area contributed by atoms with E-state index in [1.54, 1.807) is 23.0 Å². The second kappa shape index (κ2) is 6.45. The van der Waals surface area contributed by atoms with Gasteiger partial charge in [0.1, 0.15) is 5.56 Å². The number of carbonyl (C=O) groups excluding carboxylic acids is 1. The third kappa shape index (κ3) is 3.07. The fraction of sp³-hybridized carbons (Fsp3) is 0.188. The van der Waals surface area contributed by atoms with Gasteiger partial charge in [-0.1, -0.05) is 0 Å². The van der Waals surface area contributed by atoms with Gasteiger partial charge >= 0.3 is 0 Å². The minimum atomic E-state index is -0.345. The third-order valence-electron chi connectivity index (χ3n) is 3.30. The molecule has 0 saturated heterocycles. The molecule has 122 valence electrons. The zero-order valence-corrected chi connectivity index (χ0v) is 13.5. The van der Waals surface area contributed by atoms with Crippen molar-refractivity contribution in [1.29, 1.82) is 0 Å². The number of rotatable bonds is 4. The van der Waals surface area contributed by atoms with Crippen LogP contribution in [0.3, 0.4) is 0 Å². The smallest absolute Gasteiger partial charge is 0.261 e. The lowest BCUT2D eigenvalue weighted by Crippen LogP contribution is -2.14. The fourth-order valence-electron chi connectivity index (χ4n) is 2.25. The quantitative estimate of drug-likeness (QED) is 0.788. The van der Waals surface area contributed by atoms with Crippen molar-refractivity contribution < 1.29 is 9.53 Å². The largest absolute Gasteiger partial charge is 0.480 e.